The van der Waals surface area contributed by atoms with Gasteiger partial charge in [-0.3, -0.25) is 14.4 Å². The molecule has 0 aliphatic rings. The number of esters is 3. The number of carbonyl (C=O) groups is 3. The minimum Gasteiger partial charge on any atom is -0.462 e. The van der Waals surface area contributed by atoms with E-state index >= 15 is 0 Å². The molecule has 0 aromatic heterocycles. The molecule has 0 N–H and O–H groups in total. The van der Waals surface area contributed by atoms with Crippen LogP contribution in [0.5, 0.6) is 0 Å². The molecule has 1 unspecified atom stereocenters. The van der Waals surface area contributed by atoms with Crippen molar-refractivity contribution in [2.75, 3.05) is 13.2 Å². The fraction of sp³-hybridized carbons (Fsp3) is 0.946. The van der Waals surface area contributed by atoms with Gasteiger partial charge in [0.05, 0.1) is 0 Å². The van der Waals surface area contributed by atoms with Crippen LogP contribution in [-0.2, 0) is 28.6 Å². The van der Waals surface area contributed by atoms with Gasteiger partial charge < -0.3 is 14.2 Å². The molecule has 6 heteroatoms. The van der Waals surface area contributed by atoms with E-state index in [2.05, 4.69) is 20.8 Å². The van der Waals surface area contributed by atoms with E-state index in [1.54, 1.807) is 0 Å². The van der Waals surface area contributed by atoms with Crippen LogP contribution in [-0.4, -0.2) is 37.2 Å². The molecule has 0 aromatic rings. The van der Waals surface area contributed by atoms with E-state index in [4.69, 9.17) is 14.2 Å². The van der Waals surface area contributed by atoms with E-state index < -0.39 is 6.10 Å². The zero-order chi connectivity index (χ0) is 45.1. The van der Waals surface area contributed by atoms with Gasteiger partial charge in [-0.1, -0.05) is 284 Å². The summed E-state index contributed by atoms with van der Waals surface area (Å²) in [6.45, 7) is 6.69. The second kappa shape index (κ2) is 52.0. The number of hydrogen-bond donors (Lipinski definition) is 0. The lowest BCUT2D eigenvalue weighted by atomic mass is 10.0. The minimum absolute atomic E-state index is 0.0615. The van der Waals surface area contributed by atoms with E-state index in [-0.39, 0.29) is 31.1 Å². The molecule has 0 aliphatic heterocycles. The molecule has 0 bridgehead atoms. The monoisotopic (exact) mass is 877 g/mol. The summed E-state index contributed by atoms with van der Waals surface area (Å²) >= 11 is 0. The molecule has 0 aliphatic carbocycles. The van der Waals surface area contributed by atoms with Gasteiger partial charge in [0.25, 0.3) is 0 Å². The van der Waals surface area contributed by atoms with Crippen LogP contribution in [0, 0.1) is 0 Å². The fourth-order valence-corrected chi connectivity index (χ4v) is 8.62. The zero-order valence-corrected chi connectivity index (χ0v) is 42.2. The Morgan fingerprint density at radius 2 is 0.435 bits per heavy atom. The molecule has 62 heavy (non-hydrogen) atoms. The Kier molecular flexibility index (Phi) is 50.7. The lowest BCUT2D eigenvalue weighted by molar-refractivity contribution is -0.167. The first-order valence-electron chi connectivity index (χ1n) is 28.0. The van der Waals surface area contributed by atoms with Gasteiger partial charge in [-0.2, -0.15) is 0 Å². The van der Waals surface area contributed by atoms with E-state index in [0.29, 0.717) is 19.3 Å². The van der Waals surface area contributed by atoms with Crippen molar-refractivity contribution in [1.82, 2.24) is 0 Å². The van der Waals surface area contributed by atoms with Crippen molar-refractivity contribution >= 4 is 17.9 Å². The van der Waals surface area contributed by atoms with Gasteiger partial charge in [-0.05, 0) is 19.3 Å². The van der Waals surface area contributed by atoms with Gasteiger partial charge in [0, 0.05) is 19.3 Å². The molecule has 0 heterocycles. The fourth-order valence-electron chi connectivity index (χ4n) is 8.62. The van der Waals surface area contributed by atoms with E-state index in [1.807, 2.05) is 0 Å². The Balaban J connectivity index is 4.21. The lowest BCUT2D eigenvalue weighted by Crippen LogP contribution is -2.30. The van der Waals surface area contributed by atoms with E-state index in [9.17, 15) is 14.4 Å². The summed E-state index contributed by atoms with van der Waals surface area (Å²) in [6, 6.07) is 0. The van der Waals surface area contributed by atoms with Crippen molar-refractivity contribution in [2.45, 2.75) is 329 Å². The number of ether oxygens (including phenoxy) is 3. The minimum atomic E-state index is -0.760. The van der Waals surface area contributed by atoms with Crippen molar-refractivity contribution in [2.24, 2.45) is 0 Å². The third-order valence-corrected chi connectivity index (χ3v) is 12.9. The van der Waals surface area contributed by atoms with Gasteiger partial charge >= 0.3 is 17.9 Å². The molecule has 1 atom stereocenters. The molecule has 368 valence electrons. The number of unbranched alkanes of at least 4 members (excludes halogenated alkanes) is 41. The average molecular weight is 877 g/mol. The van der Waals surface area contributed by atoms with Crippen LogP contribution in [0.25, 0.3) is 0 Å². The molecule has 0 radical (unpaired) electrons. The zero-order valence-electron chi connectivity index (χ0n) is 42.2. The van der Waals surface area contributed by atoms with Gasteiger partial charge in [-0.25, -0.2) is 0 Å². The molecule has 0 spiro atoms. The Morgan fingerprint density at radius 1 is 0.258 bits per heavy atom. The van der Waals surface area contributed by atoms with Crippen molar-refractivity contribution in [3.63, 3.8) is 0 Å². The maximum Gasteiger partial charge on any atom is 0.306 e. The first-order chi connectivity index (χ1) is 30.5. The summed E-state index contributed by atoms with van der Waals surface area (Å²) in [6.07, 6.45) is 56.7. The summed E-state index contributed by atoms with van der Waals surface area (Å²) < 4.78 is 16.8. The quantitative estimate of drug-likeness (QED) is 0.0344. The number of rotatable bonds is 52. The maximum absolute atomic E-state index is 12.8. The molecule has 0 rings (SSSR count). The third kappa shape index (κ3) is 49.4. The highest BCUT2D eigenvalue weighted by Gasteiger charge is 2.19. The van der Waals surface area contributed by atoms with Crippen molar-refractivity contribution in [3.8, 4) is 0 Å². The smallest absolute Gasteiger partial charge is 0.306 e. The van der Waals surface area contributed by atoms with Crippen molar-refractivity contribution in [1.29, 1.82) is 0 Å². The second-order valence-corrected chi connectivity index (χ2v) is 19.2. The van der Waals surface area contributed by atoms with Crippen LogP contribution in [0.4, 0.5) is 0 Å². The number of hydrogen-bond acceptors (Lipinski definition) is 6. The van der Waals surface area contributed by atoms with Gasteiger partial charge in [0.1, 0.15) is 13.2 Å². The summed E-state index contributed by atoms with van der Waals surface area (Å²) in [5.74, 6) is -0.838. The van der Waals surface area contributed by atoms with Gasteiger partial charge in [0.15, 0.2) is 6.10 Å². The van der Waals surface area contributed by atoms with Gasteiger partial charge in [-0.15, -0.1) is 0 Å². The Labute approximate surface area is 387 Å². The molecular weight excluding hydrogens is 769 g/mol. The third-order valence-electron chi connectivity index (χ3n) is 12.9. The van der Waals surface area contributed by atoms with Gasteiger partial charge in [0.2, 0.25) is 0 Å². The lowest BCUT2D eigenvalue weighted by Gasteiger charge is -2.18. The highest BCUT2D eigenvalue weighted by molar-refractivity contribution is 5.71. The first kappa shape index (κ1) is 60.4. The van der Waals surface area contributed by atoms with Crippen molar-refractivity contribution in [3.05, 3.63) is 0 Å². The standard InChI is InChI=1S/C56H108O6/c1-4-7-10-13-16-19-22-24-26-27-28-29-30-31-33-34-37-40-43-46-49-55(58)61-52-53(51-60-54(57)48-45-42-39-36-21-18-15-12-9-6-3)62-56(59)50-47-44-41-38-35-32-25-23-20-17-14-11-8-5-2/h53H,4-52H2,1-3H3. The molecule has 0 fully saturated rings. The molecule has 6 nitrogen and oxygen atoms in total. The molecule has 0 amide bonds. The van der Waals surface area contributed by atoms with Crippen LogP contribution in [0.15, 0.2) is 0 Å². The topological polar surface area (TPSA) is 78.9 Å². The SMILES string of the molecule is CCCCCCCCCCCCCCCCCCCCCCC(=O)OCC(COC(=O)CCCCCCCCCCCC)OC(=O)CCCCCCCCCCCCCCCC. The summed E-state index contributed by atoms with van der Waals surface area (Å²) in [4.78, 5) is 38.0. The Hall–Kier alpha value is -1.59. The van der Waals surface area contributed by atoms with E-state index in [0.717, 1.165) is 57.8 Å². The predicted molar refractivity (Wildman–Crippen MR) is 266 cm³/mol. The normalized spacial score (nSPS) is 11.9. The highest BCUT2D eigenvalue weighted by Crippen LogP contribution is 2.17. The largest absolute Gasteiger partial charge is 0.462 e. The Bertz CT molecular complexity index is 920. The predicted octanol–water partition coefficient (Wildman–Crippen LogP) is 18.4. The van der Waals surface area contributed by atoms with Crippen LogP contribution in [0.2, 0.25) is 0 Å². The molecule has 0 aromatic carbocycles. The van der Waals surface area contributed by atoms with Crippen molar-refractivity contribution < 1.29 is 28.6 Å². The molecule has 0 saturated carbocycles. The van der Waals surface area contributed by atoms with E-state index in [1.165, 1.54) is 225 Å². The van der Waals surface area contributed by atoms with Crippen LogP contribution in [0.3, 0.4) is 0 Å². The van der Waals surface area contributed by atoms with Crippen LogP contribution < -0.4 is 0 Å². The molecular formula is C56H108O6. The summed E-state index contributed by atoms with van der Waals surface area (Å²) in [5.41, 5.74) is 0. The summed E-state index contributed by atoms with van der Waals surface area (Å²) in [7, 11) is 0. The highest BCUT2D eigenvalue weighted by atomic mass is 16.6. The number of carbonyl (C=O) groups excluding carboxylic acids is 3. The molecule has 0 saturated heterocycles. The average Bonchev–Trinajstić information content (AvgIpc) is 3.27. The second-order valence-electron chi connectivity index (χ2n) is 19.2. The van der Waals surface area contributed by atoms with Crippen LogP contribution >= 0.6 is 0 Å². The Morgan fingerprint density at radius 3 is 0.645 bits per heavy atom. The summed E-state index contributed by atoms with van der Waals surface area (Å²) in [5, 5.41) is 0. The first-order valence-corrected chi connectivity index (χ1v) is 28.0. The van der Waals surface area contributed by atoms with Crippen LogP contribution in [0.1, 0.15) is 323 Å². The maximum atomic E-state index is 12.8.